The molecule has 5 heteroatoms. The molecule has 0 aromatic heterocycles. The van der Waals surface area contributed by atoms with Crippen LogP contribution >= 0.6 is 28.1 Å². The molecule has 3 nitrogen and oxygen atoms in total. The van der Waals surface area contributed by atoms with Gasteiger partial charge in [0.25, 0.3) is 0 Å². The number of benzene rings is 1. The van der Waals surface area contributed by atoms with Crippen LogP contribution in [0, 0.1) is 0 Å². The highest BCUT2D eigenvalue weighted by atomic mass is 79.9. The van der Waals surface area contributed by atoms with Gasteiger partial charge in [0.1, 0.15) is 4.99 Å². The summed E-state index contributed by atoms with van der Waals surface area (Å²) in [4.78, 5) is 5.25. The SMILES string of the molecule is CN1CCN(c2ccc(C(N)=S)cc2Br)CC1(C)C. The van der Waals surface area contributed by atoms with Crippen LogP contribution in [0.2, 0.25) is 0 Å². The van der Waals surface area contributed by atoms with Crippen LogP contribution in [-0.2, 0) is 0 Å². The van der Waals surface area contributed by atoms with Crippen molar-refractivity contribution in [3.8, 4) is 0 Å². The zero-order valence-corrected chi connectivity index (χ0v) is 14.0. The Hall–Kier alpha value is -0.650. The summed E-state index contributed by atoms with van der Waals surface area (Å²) in [5, 5.41) is 0. The van der Waals surface area contributed by atoms with E-state index in [0.717, 1.165) is 29.7 Å². The highest BCUT2D eigenvalue weighted by Gasteiger charge is 2.31. The van der Waals surface area contributed by atoms with Crippen LogP contribution in [0.15, 0.2) is 22.7 Å². The van der Waals surface area contributed by atoms with E-state index in [9.17, 15) is 0 Å². The molecule has 0 amide bonds. The fourth-order valence-electron chi connectivity index (χ4n) is 2.36. The van der Waals surface area contributed by atoms with E-state index < -0.39 is 0 Å². The number of thiocarbonyl (C=S) groups is 1. The number of nitrogens with zero attached hydrogens (tertiary/aromatic N) is 2. The summed E-state index contributed by atoms with van der Waals surface area (Å²) >= 11 is 8.64. The lowest BCUT2D eigenvalue weighted by atomic mass is 9.99. The van der Waals surface area contributed by atoms with Gasteiger partial charge in [-0.05, 0) is 55.0 Å². The smallest absolute Gasteiger partial charge is 0.104 e. The molecule has 1 heterocycles. The lowest BCUT2D eigenvalue weighted by molar-refractivity contribution is 0.139. The minimum atomic E-state index is 0.180. The number of halogens is 1. The van der Waals surface area contributed by atoms with Gasteiger partial charge in [-0.2, -0.15) is 0 Å². The first-order chi connectivity index (χ1) is 8.81. The average Bonchev–Trinajstić information content (AvgIpc) is 2.32. The van der Waals surface area contributed by atoms with Crippen LogP contribution in [0.25, 0.3) is 0 Å². The third kappa shape index (κ3) is 3.09. The second kappa shape index (κ2) is 5.38. The van der Waals surface area contributed by atoms with Crippen LogP contribution in [0.1, 0.15) is 19.4 Å². The first kappa shape index (κ1) is 14.8. The molecule has 104 valence electrons. The monoisotopic (exact) mass is 341 g/mol. The maximum atomic E-state index is 5.66. The van der Waals surface area contributed by atoms with E-state index in [1.807, 2.05) is 12.1 Å². The quantitative estimate of drug-likeness (QED) is 0.838. The molecule has 0 aliphatic carbocycles. The van der Waals surface area contributed by atoms with Crippen LogP contribution in [0.4, 0.5) is 5.69 Å². The van der Waals surface area contributed by atoms with Crippen molar-refractivity contribution >= 4 is 38.8 Å². The van der Waals surface area contributed by atoms with Crippen molar-refractivity contribution in [2.24, 2.45) is 5.73 Å². The average molecular weight is 342 g/mol. The third-order valence-corrected chi connectivity index (χ3v) is 4.76. The summed E-state index contributed by atoms with van der Waals surface area (Å²) in [6.45, 7) is 7.66. The molecular formula is C14H20BrN3S. The normalized spacial score (nSPS) is 19.5. The maximum Gasteiger partial charge on any atom is 0.104 e. The van der Waals surface area contributed by atoms with E-state index >= 15 is 0 Å². The zero-order chi connectivity index (χ0) is 14.2. The van der Waals surface area contributed by atoms with Crippen LogP contribution in [0.5, 0.6) is 0 Å². The molecule has 2 rings (SSSR count). The Morgan fingerprint density at radius 1 is 1.37 bits per heavy atom. The Morgan fingerprint density at radius 3 is 2.58 bits per heavy atom. The predicted octanol–water partition coefficient (Wildman–Crippen LogP) is 2.61. The first-order valence-corrected chi connectivity index (χ1v) is 7.57. The van der Waals surface area contributed by atoms with Crippen molar-refractivity contribution in [2.75, 3.05) is 31.6 Å². The number of piperazine rings is 1. The van der Waals surface area contributed by atoms with E-state index in [1.54, 1.807) is 0 Å². The fourth-order valence-corrected chi connectivity index (χ4v) is 3.12. The van der Waals surface area contributed by atoms with Gasteiger partial charge in [-0.1, -0.05) is 12.2 Å². The maximum absolute atomic E-state index is 5.66. The number of nitrogens with two attached hydrogens (primary N) is 1. The fraction of sp³-hybridized carbons (Fsp3) is 0.500. The van der Waals surface area contributed by atoms with Crippen molar-refractivity contribution in [1.29, 1.82) is 0 Å². The Labute approximate surface area is 128 Å². The van der Waals surface area contributed by atoms with E-state index in [4.69, 9.17) is 18.0 Å². The minimum absolute atomic E-state index is 0.180. The summed E-state index contributed by atoms with van der Waals surface area (Å²) < 4.78 is 1.05. The van der Waals surface area contributed by atoms with Gasteiger partial charge in [-0.25, -0.2) is 0 Å². The number of hydrogen-bond acceptors (Lipinski definition) is 3. The van der Waals surface area contributed by atoms with E-state index in [0.29, 0.717) is 4.99 Å². The number of likely N-dealkylation sites (N-methyl/N-ethyl adjacent to an activating group) is 1. The van der Waals surface area contributed by atoms with Gasteiger partial charge in [0.2, 0.25) is 0 Å². The minimum Gasteiger partial charge on any atom is -0.389 e. The molecule has 1 fully saturated rings. The second-order valence-electron chi connectivity index (χ2n) is 5.69. The molecule has 1 aromatic rings. The van der Waals surface area contributed by atoms with Crippen molar-refractivity contribution in [2.45, 2.75) is 19.4 Å². The van der Waals surface area contributed by atoms with Crippen molar-refractivity contribution in [1.82, 2.24) is 4.90 Å². The molecule has 1 aliphatic rings. The van der Waals surface area contributed by atoms with E-state index in [2.05, 4.69) is 52.7 Å². The Bertz CT molecular complexity index is 501. The highest BCUT2D eigenvalue weighted by Crippen LogP contribution is 2.31. The molecule has 0 atom stereocenters. The van der Waals surface area contributed by atoms with Gasteiger partial charge in [-0.15, -0.1) is 0 Å². The van der Waals surface area contributed by atoms with Gasteiger partial charge in [0.05, 0.1) is 5.69 Å². The lowest BCUT2D eigenvalue weighted by Crippen LogP contribution is -2.57. The van der Waals surface area contributed by atoms with Gasteiger partial charge < -0.3 is 10.6 Å². The van der Waals surface area contributed by atoms with Crippen LogP contribution < -0.4 is 10.6 Å². The molecule has 19 heavy (non-hydrogen) atoms. The van der Waals surface area contributed by atoms with Gasteiger partial charge in [0, 0.05) is 35.2 Å². The highest BCUT2D eigenvalue weighted by molar-refractivity contribution is 9.10. The standard InChI is InChI=1S/C14H20BrN3S/c1-14(2)9-18(7-6-17(14)3)12-5-4-10(13(16)19)8-11(12)15/h4-5,8H,6-7,9H2,1-3H3,(H2,16,19). The number of rotatable bonds is 2. The van der Waals surface area contributed by atoms with E-state index in [-0.39, 0.29) is 5.54 Å². The molecule has 1 aliphatic heterocycles. The molecule has 2 N–H and O–H groups in total. The largest absolute Gasteiger partial charge is 0.389 e. The lowest BCUT2D eigenvalue weighted by Gasteiger charge is -2.46. The van der Waals surface area contributed by atoms with Crippen molar-refractivity contribution in [3.05, 3.63) is 28.2 Å². The molecule has 0 bridgehead atoms. The Balaban J connectivity index is 2.26. The molecule has 0 spiro atoms. The topological polar surface area (TPSA) is 32.5 Å². The van der Waals surface area contributed by atoms with E-state index in [1.165, 1.54) is 5.69 Å². The summed E-state index contributed by atoms with van der Waals surface area (Å²) in [5.74, 6) is 0. The van der Waals surface area contributed by atoms with Gasteiger partial charge in [0.15, 0.2) is 0 Å². The summed E-state index contributed by atoms with van der Waals surface area (Å²) in [6.07, 6.45) is 0. The first-order valence-electron chi connectivity index (χ1n) is 6.37. The molecule has 1 aromatic carbocycles. The Morgan fingerprint density at radius 2 is 2.05 bits per heavy atom. The van der Waals surface area contributed by atoms with Gasteiger partial charge >= 0.3 is 0 Å². The summed E-state index contributed by atoms with van der Waals surface area (Å²) in [6, 6.07) is 6.09. The number of anilines is 1. The molecule has 0 radical (unpaired) electrons. The molecule has 0 saturated carbocycles. The second-order valence-corrected chi connectivity index (χ2v) is 6.98. The van der Waals surface area contributed by atoms with Gasteiger partial charge in [-0.3, -0.25) is 4.90 Å². The molecule has 0 unspecified atom stereocenters. The Kier molecular flexibility index (Phi) is 4.18. The third-order valence-electron chi connectivity index (χ3n) is 3.89. The molecule has 1 saturated heterocycles. The zero-order valence-electron chi connectivity index (χ0n) is 11.6. The molecular weight excluding hydrogens is 322 g/mol. The van der Waals surface area contributed by atoms with Crippen molar-refractivity contribution in [3.63, 3.8) is 0 Å². The number of hydrogen-bond donors (Lipinski definition) is 1. The summed E-state index contributed by atoms with van der Waals surface area (Å²) in [5.41, 5.74) is 7.95. The van der Waals surface area contributed by atoms with Crippen molar-refractivity contribution < 1.29 is 0 Å². The van der Waals surface area contributed by atoms with Crippen LogP contribution in [0.3, 0.4) is 0 Å². The predicted molar refractivity (Wildman–Crippen MR) is 89.0 cm³/mol. The van der Waals surface area contributed by atoms with Crippen LogP contribution in [-0.4, -0.2) is 42.1 Å². The summed E-state index contributed by atoms with van der Waals surface area (Å²) in [7, 11) is 2.18.